The van der Waals surface area contributed by atoms with Crippen molar-refractivity contribution in [1.29, 1.82) is 0 Å². The molecule has 6 nitrogen and oxygen atoms in total. The summed E-state index contributed by atoms with van der Waals surface area (Å²) in [4.78, 5) is 21.5. The van der Waals surface area contributed by atoms with Crippen LogP contribution >= 0.6 is 24.0 Å². The molecule has 2 saturated heterocycles. The minimum atomic E-state index is 0. The van der Waals surface area contributed by atoms with E-state index in [0.29, 0.717) is 24.3 Å². The van der Waals surface area contributed by atoms with Crippen LogP contribution in [0.4, 0.5) is 0 Å². The molecule has 2 N–H and O–H groups in total. The average Bonchev–Trinajstić information content (AvgIpc) is 2.66. The molecule has 0 aromatic rings. The third-order valence-electron chi connectivity index (χ3n) is 5.78. The minimum Gasteiger partial charge on any atom is -0.359 e. The fourth-order valence-corrected chi connectivity index (χ4v) is 4.07. The number of guanidine groups is 1. The molecule has 0 radical (unpaired) electrons. The molecule has 158 valence electrons. The van der Waals surface area contributed by atoms with Crippen molar-refractivity contribution in [2.75, 3.05) is 46.3 Å². The SMILES string of the molecule is CCNC(=NCC1CCCN(C(C)C)C1)N1CCC(CC(=O)NC)CC1.I. The van der Waals surface area contributed by atoms with Gasteiger partial charge in [-0.15, -0.1) is 24.0 Å². The van der Waals surface area contributed by atoms with Gasteiger partial charge in [-0.3, -0.25) is 9.79 Å². The van der Waals surface area contributed by atoms with E-state index in [9.17, 15) is 4.79 Å². The Morgan fingerprint density at radius 3 is 2.44 bits per heavy atom. The lowest BCUT2D eigenvalue weighted by molar-refractivity contribution is -0.121. The number of piperidine rings is 2. The summed E-state index contributed by atoms with van der Waals surface area (Å²) in [6.07, 6.45) is 5.38. The zero-order valence-corrected chi connectivity index (χ0v) is 20.0. The largest absolute Gasteiger partial charge is 0.359 e. The molecule has 0 aliphatic carbocycles. The summed E-state index contributed by atoms with van der Waals surface area (Å²) < 4.78 is 0. The molecule has 0 aromatic heterocycles. The number of amides is 1. The Labute approximate surface area is 182 Å². The molecular weight excluding hydrogens is 453 g/mol. The number of nitrogens with zero attached hydrogens (tertiary/aromatic N) is 3. The van der Waals surface area contributed by atoms with Crippen molar-refractivity contribution < 1.29 is 4.79 Å². The molecule has 0 saturated carbocycles. The zero-order valence-electron chi connectivity index (χ0n) is 17.7. The summed E-state index contributed by atoms with van der Waals surface area (Å²) in [7, 11) is 1.72. The number of carbonyl (C=O) groups excluding carboxylic acids is 1. The number of likely N-dealkylation sites (tertiary alicyclic amines) is 2. The van der Waals surface area contributed by atoms with Gasteiger partial charge in [0.1, 0.15) is 0 Å². The van der Waals surface area contributed by atoms with Gasteiger partial charge < -0.3 is 20.4 Å². The van der Waals surface area contributed by atoms with Crippen molar-refractivity contribution in [1.82, 2.24) is 20.4 Å². The van der Waals surface area contributed by atoms with E-state index in [0.717, 1.165) is 45.0 Å². The van der Waals surface area contributed by atoms with Crippen molar-refractivity contribution in [2.45, 2.75) is 58.9 Å². The predicted octanol–water partition coefficient (Wildman–Crippen LogP) is 2.54. The van der Waals surface area contributed by atoms with Crippen molar-refractivity contribution in [3.8, 4) is 0 Å². The maximum absolute atomic E-state index is 11.6. The summed E-state index contributed by atoms with van der Waals surface area (Å²) in [5, 5.41) is 6.22. The summed E-state index contributed by atoms with van der Waals surface area (Å²) in [6, 6.07) is 0.634. The molecule has 7 heteroatoms. The molecule has 1 amide bonds. The highest BCUT2D eigenvalue weighted by molar-refractivity contribution is 14.0. The van der Waals surface area contributed by atoms with E-state index in [4.69, 9.17) is 4.99 Å². The van der Waals surface area contributed by atoms with Gasteiger partial charge >= 0.3 is 0 Å². The molecular formula is C20H40IN5O. The van der Waals surface area contributed by atoms with Crippen LogP contribution in [0.25, 0.3) is 0 Å². The van der Waals surface area contributed by atoms with Crippen LogP contribution < -0.4 is 10.6 Å². The van der Waals surface area contributed by atoms with Crippen molar-refractivity contribution in [3.05, 3.63) is 0 Å². The average molecular weight is 493 g/mol. The van der Waals surface area contributed by atoms with Crippen LogP contribution in [0, 0.1) is 11.8 Å². The zero-order chi connectivity index (χ0) is 18.9. The van der Waals surface area contributed by atoms with E-state index >= 15 is 0 Å². The molecule has 0 spiro atoms. The third-order valence-corrected chi connectivity index (χ3v) is 5.78. The molecule has 0 aromatic carbocycles. The molecule has 2 rings (SSSR count). The first-order chi connectivity index (χ1) is 12.5. The van der Waals surface area contributed by atoms with Crippen molar-refractivity contribution in [2.24, 2.45) is 16.8 Å². The molecule has 0 bridgehead atoms. The number of aliphatic imine (C=N–C) groups is 1. The van der Waals surface area contributed by atoms with Gasteiger partial charge in [0.05, 0.1) is 0 Å². The fourth-order valence-electron chi connectivity index (χ4n) is 4.07. The van der Waals surface area contributed by atoms with Gasteiger partial charge in [-0.05, 0) is 64.8 Å². The first kappa shape index (κ1) is 24.5. The third kappa shape index (κ3) is 8.13. The monoisotopic (exact) mass is 493 g/mol. The highest BCUT2D eigenvalue weighted by Gasteiger charge is 2.24. The van der Waals surface area contributed by atoms with E-state index in [1.54, 1.807) is 7.05 Å². The van der Waals surface area contributed by atoms with E-state index < -0.39 is 0 Å². The summed E-state index contributed by atoms with van der Waals surface area (Å²) >= 11 is 0. The Kier molecular flexibility index (Phi) is 11.6. The van der Waals surface area contributed by atoms with Gasteiger partial charge in [0.2, 0.25) is 5.91 Å². The van der Waals surface area contributed by atoms with Crippen LogP contribution in [0.15, 0.2) is 4.99 Å². The van der Waals surface area contributed by atoms with E-state index in [1.807, 2.05) is 0 Å². The Hall–Kier alpha value is -0.570. The molecule has 1 atom stereocenters. The summed E-state index contributed by atoms with van der Waals surface area (Å²) in [5.41, 5.74) is 0. The van der Waals surface area contributed by atoms with Crippen LogP contribution in [0.3, 0.4) is 0 Å². The molecule has 2 aliphatic rings. The first-order valence-electron chi connectivity index (χ1n) is 10.5. The van der Waals surface area contributed by atoms with Crippen LogP contribution in [-0.4, -0.2) is 74.0 Å². The van der Waals surface area contributed by atoms with Crippen molar-refractivity contribution in [3.63, 3.8) is 0 Å². The van der Waals surface area contributed by atoms with Gasteiger partial charge in [-0.1, -0.05) is 0 Å². The van der Waals surface area contributed by atoms with E-state index in [-0.39, 0.29) is 29.9 Å². The van der Waals surface area contributed by atoms with Gasteiger partial charge in [-0.2, -0.15) is 0 Å². The Morgan fingerprint density at radius 1 is 1.15 bits per heavy atom. The van der Waals surface area contributed by atoms with Crippen LogP contribution in [0.5, 0.6) is 0 Å². The molecule has 2 fully saturated rings. The highest BCUT2D eigenvalue weighted by atomic mass is 127. The van der Waals surface area contributed by atoms with Gasteiger partial charge in [0, 0.05) is 52.2 Å². The smallest absolute Gasteiger partial charge is 0.220 e. The standard InChI is InChI=1S/C20H39N5O.HI/c1-5-22-20(23-14-18-7-6-10-25(15-18)16(2)3)24-11-8-17(9-12-24)13-19(26)21-4;/h16-18H,5-15H2,1-4H3,(H,21,26)(H,22,23);1H. The Bertz CT molecular complexity index is 463. The number of hydrogen-bond acceptors (Lipinski definition) is 3. The number of nitrogens with one attached hydrogen (secondary N) is 2. The maximum atomic E-state index is 11.6. The summed E-state index contributed by atoms with van der Waals surface area (Å²) in [5.74, 6) is 2.40. The van der Waals surface area contributed by atoms with Gasteiger partial charge in [0.25, 0.3) is 0 Å². The quantitative estimate of drug-likeness (QED) is 0.339. The molecule has 27 heavy (non-hydrogen) atoms. The number of hydrogen-bond donors (Lipinski definition) is 2. The van der Waals surface area contributed by atoms with Gasteiger partial charge in [-0.25, -0.2) is 0 Å². The molecule has 1 unspecified atom stereocenters. The minimum absolute atomic E-state index is 0. The second kappa shape index (κ2) is 12.8. The molecule has 2 aliphatic heterocycles. The normalized spacial score (nSPS) is 22.5. The maximum Gasteiger partial charge on any atom is 0.220 e. The first-order valence-corrected chi connectivity index (χ1v) is 10.5. The Balaban J connectivity index is 0.00000364. The lowest BCUT2D eigenvalue weighted by atomic mass is 9.93. The highest BCUT2D eigenvalue weighted by Crippen LogP contribution is 2.21. The van der Waals surface area contributed by atoms with E-state index in [2.05, 4.69) is 41.2 Å². The Morgan fingerprint density at radius 2 is 1.85 bits per heavy atom. The van der Waals surface area contributed by atoms with Crippen LogP contribution in [-0.2, 0) is 4.79 Å². The van der Waals surface area contributed by atoms with E-state index in [1.165, 1.54) is 25.9 Å². The van der Waals surface area contributed by atoms with Crippen LogP contribution in [0.1, 0.15) is 52.9 Å². The van der Waals surface area contributed by atoms with Crippen molar-refractivity contribution >= 4 is 35.8 Å². The predicted molar refractivity (Wildman–Crippen MR) is 124 cm³/mol. The van der Waals surface area contributed by atoms with Crippen LogP contribution in [0.2, 0.25) is 0 Å². The second-order valence-corrected chi connectivity index (χ2v) is 8.10. The lowest BCUT2D eigenvalue weighted by Gasteiger charge is -2.36. The number of halogens is 1. The fraction of sp³-hybridized carbons (Fsp3) is 0.900. The second-order valence-electron chi connectivity index (χ2n) is 8.10. The number of carbonyl (C=O) groups is 1. The molecule has 2 heterocycles. The lowest BCUT2D eigenvalue weighted by Crippen LogP contribution is -2.46. The topological polar surface area (TPSA) is 60.0 Å². The van der Waals surface area contributed by atoms with Gasteiger partial charge in [0.15, 0.2) is 5.96 Å². The summed E-state index contributed by atoms with van der Waals surface area (Å²) in [6.45, 7) is 12.9. The number of rotatable bonds is 6.